The van der Waals surface area contributed by atoms with Gasteiger partial charge >= 0.3 is 0 Å². The van der Waals surface area contributed by atoms with Gasteiger partial charge in [-0.05, 0) is 24.6 Å². The third-order valence-corrected chi connectivity index (χ3v) is 5.09. The van der Waals surface area contributed by atoms with Crippen molar-refractivity contribution in [2.45, 2.75) is 25.5 Å². The Balaban J connectivity index is 1.85. The predicted molar refractivity (Wildman–Crippen MR) is 95.2 cm³/mol. The molecule has 0 aliphatic carbocycles. The second-order valence-corrected chi connectivity index (χ2v) is 6.86. The number of hydrogen-bond acceptors (Lipinski definition) is 4. The number of nitrogens with two attached hydrogens (primary N) is 1. The summed E-state index contributed by atoms with van der Waals surface area (Å²) in [4.78, 5) is 16.6. The predicted octanol–water partition coefficient (Wildman–Crippen LogP) is 2.02. The maximum absolute atomic E-state index is 12.3. The third-order valence-electron chi connectivity index (χ3n) is 4.57. The fourth-order valence-corrected chi connectivity index (χ4v) is 3.16. The molecule has 0 aromatic heterocycles. The number of piperazine rings is 1. The minimum Gasteiger partial charge on any atom is -0.380 e. The van der Waals surface area contributed by atoms with Crippen molar-refractivity contribution >= 4 is 21.8 Å². The van der Waals surface area contributed by atoms with E-state index in [2.05, 4.69) is 52.0 Å². The molecule has 1 fully saturated rings. The molecule has 2 atom stereocenters. The molecule has 1 aromatic carbocycles. The summed E-state index contributed by atoms with van der Waals surface area (Å²) in [6.45, 7) is 5.91. The van der Waals surface area contributed by atoms with E-state index in [0.717, 1.165) is 30.7 Å². The topological polar surface area (TPSA) is 58.8 Å². The van der Waals surface area contributed by atoms with Gasteiger partial charge in [0.15, 0.2) is 0 Å². The molecule has 23 heavy (non-hydrogen) atoms. The van der Waals surface area contributed by atoms with Crippen LogP contribution in [0.5, 0.6) is 0 Å². The van der Waals surface area contributed by atoms with Crippen molar-refractivity contribution in [1.29, 1.82) is 0 Å². The van der Waals surface area contributed by atoms with Gasteiger partial charge < -0.3 is 15.4 Å². The molecule has 1 saturated heterocycles. The van der Waals surface area contributed by atoms with Crippen molar-refractivity contribution in [2.75, 3.05) is 39.8 Å². The number of hydrogen-bond donors (Lipinski definition) is 1. The lowest BCUT2D eigenvalue weighted by Gasteiger charge is -2.38. The van der Waals surface area contributed by atoms with Crippen LogP contribution in [0.4, 0.5) is 0 Å². The average molecular weight is 384 g/mol. The standard InChI is InChI=1S/C17H26BrN3O2/c1-13(14-3-5-15(18)6-4-14)20-7-9-21(10-8-20)17(22)11-16(12-19)23-2/h3-6,13,16H,7-12,19H2,1-2H3. The molecular formula is C17H26BrN3O2. The molecule has 1 amide bonds. The summed E-state index contributed by atoms with van der Waals surface area (Å²) in [5.41, 5.74) is 6.89. The Hall–Kier alpha value is -0.950. The monoisotopic (exact) mass is 383 g/mol. The zero-order chi connectivity index (χ0) is 16.8. The van der Waals surface area contributed by atoms with Crippen LogP contribution in [0.3, 0.4) is 0 Å². The third kappa shape index (κ3) is 5.01. The normalized spacial score (nSPS) is 18.7. The van der Waals surface area contributed by atoms with Crippen LogP contribution in [0, 0.1) is 0 Å². The van der Waals surface area contributed by atoms with Crippen LogP contribution in [-0.2, 0) is 9.53 Å². The maximum atomic E-state index is 12.3. The summed E-state index contributed by atoms with van der Waals surface area (Å²) in [5, 5.41) is 0. The van der Waals surface area contributed by atoms with E-state index in [1.807, 2.05) is 4.90 Å². The molecule has 0 spiro atoms. The number of ether oxygens (including phenoxy) is 1. The Bertz CT molecular complexity index is 497. The van der Waals surface area contributed by atoms with E-state index in [9.17, 15) is 4.79 Å². The van der Waals surface area contributed by atoms with Crippen LogP contribution in [0.25, 0.3) is 0 Å². The average Bonchev–Trinajstić information content (AvgIpc) is 2.59. The Morgan fingerprint density at radius 3 is 2.39 bits per heavy atom. The number of benzene rings is 1. The Kier molecular flexibility index (Phi) is 7.02. The molecule has 1 aromatic rings. The molecule has 1 heterocycles. The summed E-state index contributed by atoms with van der Waals surface area (Å²) >= 11 is 3.47. The zero-order valence-electron chi connectivity index (χ0n) is 13.9. The molecule has 2 N–H and O–H groups in total. The SMILES string of the molecule is COC(CN)CC(=O)N1CCN(C(C)c2ccc(Br)cc2)CC1. The smallest absolute Gasteiger partial charge is 0.225 e. The van der Waals surface area contributed by atoms with Gasteiger partial charge in [0, 0.05) is 50.3 Å². The van der Waals surface area contributed by atoms with Crippen molar-refractivity contribution in [3.8, 4) is 0 Å². The van der Waals surface area contributed by atoms with E-state index in [-0.39, 0.29) is 12.0 Å². The first kappa shape index (κ1) is 18.4. The summed E-state index contributed by atoms with van der Waals surface area (Å²) in [6.07, 6.45) is 0.192. The van der Waals surface area contributed by atoms with Gasteiger partial charge in [-0.3, -0.25) is 9.69 Å². The molecule has 0 bridgehead atoms. The first-order valence-electron chi connectivity index (χ1n) is 8.05. The van der Waals surface area contributed by atoms with Gasteiger partial charge in [0.25, 0.3) is 0 Å². The van der Waals surface area contributed by atoms with Gasteiger partial charge in [0.2, 0.25) is 5.91 Å². The highest BCUT2D eigenvalue weighted by atomic mass is 79.9. The first-order chi connectivity index (χ1) is 11.0. The van der Waals surface area contributed by atoms with Crippen molar-refractivity contribution in [3.05, 3.63) is 34.3 Å². The van der Waals surface area contributed by atoms with Crippen molar-refractivity contribution in [1.82, 2.24) is 9.80 Å². The van der Waals surface area contributed by atoms with Gasteiger partial charge in [-0.25, -0.2) is 0 Å². The number of carbonyl (C=O) groups excluding carboxylic acids is 1. The fraction of sp³-hybridized carbons (Fsp3) is 0.588. The Labute approximate surface area is 146 Å². The zero-order valence-corrected chi connectivity index (χ0v) is 15.5. The molecule has 6 heteroatoms. The largest absolute Gasteiger partial charge is 0.380 e. The van der Waals surface area contributed by atoms with Gasteiger partial charge in [0.1, 0.15) is 0 Å². The van der Waals surface area contributed by atoms with Crippen LogP contribution in [-0.4, -0.2) is 61.6 Å². The van der Waals surface area contributed by atoms with Crippen LogP contribution >= 0.6 is 15.9 Å². The van der Waals surface area contributed by atoms with E-state index in [1.54, 1.807) is 7.11 Å². The lowest BCUT2D eigenvalue weighted by atomic mass is 10.1. The molecule has 128 valence electrons. The van der Waals surface area contributed by atoms with E-state index >= 15 is 0 Å². The van der Waals surface area contributed by atoms with E-state index in [1.165, 1.54) is 5.56 Å². The quantitative estimate of drug-likeness (QED) is 0.816. The van der Waals surface area contributed by atoms with Crippen molar-refractivity contribution in [2.24, 2.45) is 5.73 Å². The number of nitrogens with zero attached hydrogens (tertiary/aromatic N) is 2. The molecule has 2 rings (SSSR count). The van der Waals surface area contributed by atoms with Gasteiger partial charge in [-0.15, -0.1) is 0 Å². The molecule has 2 unspecified atom stereocenters. The number of amides is 1. The molecule has 0 saturated carbocycles. The minimum absolute atomic E-state index is 0.137. The van der Waals surface area contributed by atoms with Crippen LogP contribution < -0.4 is 5.73 Å². The second-order valence-electron chi connectivity index (χ2n) is 5.94. The second kappa shape index (κ2) is 8.78. The summed E-state index contributed by atoms with van der Waals surface area (Å²) in [5.74, 6) is 0.137. The summed E-state index contributed by atoms with van der Waals surface area (Å²) < 4.78 is 6.29. The van der Waals surface area contributed by atoms with E-state index in [0.29, 0.717) is 19.0 Å². The minimum atomic E-state index is -0.179. The van der Waals surface area contributed by atoms with Crippen molar-refractivity contribution < 1.29 is 9.53 Å². The lowest BCUT2D eigenvalue weighted by molar-refractivity contribution is -0.135. The lowest BCUT2D eigenvalue weighted by Crippen LogP contribution is -2.50. The highest BCUT2D eigenvalue weighted by molar-refractivity contribution is 9.10. The molecule has 5 nitrogen and oxygen atoms in total. The first-order valence-corrected chi connectivity index (χ1v) is 8.84. The molecule has 1 aliphatic heterocycles. The molecular weight excluding hydrogens is 358 g/mol. The van der Waals surface area contributed by atoms with Crippen LogP contribution in [0.1, 0.15) is 24.9 Å². The summed E-state index contributed by atoms with van der Waals surface area (Å²) in [7, 11) is 1.60. The summed E-state index contributed by atoms with van der Waals surface area (Å²) in [6, 6.07) is 8.80. The van der Waals surface area contributed by atoms with Gasteiger partial charge in [0.05, 0.1) is 12.5 Å². The van der Waals surface area contributed by atoms with Gasteiger partial charge in [-0.1, -0.05) is 28.1 Å². The molecule has 0 radical (unpaired) electrons. The van der Waals surface area contributed by atoms with Gasteiger partial charge in [-0.2, -0.15) is 0 Å². The van der Waals surface area contributed by atoms with Crippen molar-refractivity contribution in [3.63, 3.8) is 0 Å². The van der Waals surface area contributed by atoms with Crippen LogP contribution in [0.2, 0.25) is 0 Å². The Morgan fingerprint density at radius 2 is 1.87 bits per heavy atom. The van der Waals surface area contributed by atoms with E-state index in [4.69, 9.17) is 10.5 Å². The maximum Gasteiger partial charge on any atom is 0.225 e. The number of rotatable bonds is 6. The van der Waals surface area contributed by atoms with E-state index < -0.39 is 0 Å². The number of methoxy groups -OCH3 is 1. The number of halogens is 1. The highest BCUT2D eigenvalue weighted by Crippen LogP contribution is 2.23. The number of carbonyl (C=O) groups is 1. The highest BCUT2D eigenvalue weighted by Gasteiger charge is 2.25. The fourth-order valence-electron chi connectivity index (χ4n) is 2.90. The van der Waals surface area contributed by atoms with Crippen LogP contribution in [0.15, 0.2) is 28.7 Å². The molecule has 1 aliphatic rings. The Morgan fingerprint density at radius 1 is 1.26 bits per heavy atom.